The molecule has 0 aliphatic carbocycles. The van der Waals surface area contributed by atoms with Crippen LogP contribution in [0.15, 0.2) is 77.2 Å². The molecule has 36 heavy (non-hydrogen) atoms. The monoisotopic (exact) mass is 479 g/mol. The Morgan fingerprint density at radius 2 is 1.78 bits per heavy atom. The molecule has 4 aromatic rings. The van der Waals surface area contributed by atoms with Crippen molar-refractivity contribution in [2.75, 3.05) is 0 Å². The summed E-state index contributed by atoms with van der Waals surface area (Å²) in [5, 5.41) is 21.1. The number of carbonyl (C=O) groups excluding carboxylic acids is 1. The first-order valence-electron chi connectivity index (χ1n) is 11.9. The van der Waals surface area contributed by atoms with Gasteiger partial charge in [0.1, 0.15) is 0 Å². The van der Waals surface area contributed by atoms with Crippen LogP contribution in [0.1, 0.15) is 54.6 Å². The number of hydrogen-bond donors (Lipinski definition) is 2. The number of nitrogens with two attached hydrogens (primary N) is 1. The second-order valence-electron chi connectivity index (χ2n) is 9.23. The highest BCUT2D eigenvalue weighted by molar-refractivity contribution is 5.97. The molecule has 0 aliphatic heterocycles. The number of nitrogens with one attached hydrogen (secondary N) is 1. The summed E-state index contributed by atoms with van der Waals surface area (Å²) >= 11 is 0. The summed E-state index contributed by atoms with van der Waals surface area (Å²) in [6.07, 6.45) is 1.33. The molecule has 0 fully saturated rings. The van der Waals surface area contributed by atoms with E-state index in [4.69, 9.17) is 10.2 Å². The number of nitriles is 1. The molecule has 0 saturated carbocycles. The van der Waals surface area contributed by atoms with Gasteiger partial charge in [0, 0.05) is 17.2 Å². The van der Waals surface area contributed by atoms with Crippen LogP contribution in [0.2, 0.25) is 0 Å². The minimum Gasteiger partial charge on any atom is -0.419 e. The average Bonchev–Trinajstić information content (AvgIpc) is 3.40. The Bertz CT molecular complexity index is 1400. The SMILES string of the molecule is CCC(C)NC(=O)c1cc(-c2nnc(C(C)(N)Cc3ccccc3)o2)cc(-c2ccccc2C#N)c1. The zero-order chi connectivity index (χ0) is 25.7. The fraction of sp³-hybridized carbons (Fsp3) is 0.241. The number of nitrogens with zero attached hydrogens (tertiary/aromatic N) is 3. The quantitative estimate of drug-likeness (QED) is 0.358. The number of carbonyl (C=O) groups is 1. The summed E-state index contributed by atoms with van der Waals surface area (Å²) in [6, 6.07) is 24.7. The van der Waals surface area contributed by atoms with E-state index in [1.807, 2.05) is 75.4 Å². The molecule has 7 nitrogen and oxygen atoms in total. The number of aromatic nitrogens is 2. The van der Waals surface area contributed by atoms with Crippen LogP contribution in [0.5, 0.6) is 0 Å². The maximum atomic E-state index is 13.0. The highest BCUT2D eigenvalue weighted by atomic mass is 16.4. The van der Waals surface area contributed by atoms with Crippen LogP contribution < -0.4 is 11.1 Å². The first-order valence-corrected chi connectivity index (χ1v) is 11.9. The third kappa shape index (κ3) is 5.51. The largest absolute Gasteiger partial charge is 0.419 e. The summed E-state index contributed by atoms with van der Waals surface area (Å²) in [5.41, 5.74) is 9.69. The molecule has 4 rings (SSSR count). The maximum Gasteiger partial charge on any atom is 0.251 e. The van der Waals surface area contributed by atoms with Gasteiger partial charge in [0.05, 0.1) is 17.2 Å². The second kappa shape index (κ2) is 10.5. The highest BCUT2D eigenvalue weighted by Gasteiger charge is 2.29. The van der Waals surface area contributed by atoms with E-state index in [-0.39, 0.29) is 17.8 Å². The predicted octanol–water partition coefficient (Wildman–Crippen LogP) is 5.22. The lowest BCUT2D eigenvalue weighted by Crippen LogP contribution is -2.35. The van der Waals surface area contributed by atoms with E-state index in [9.17, 15) is 10.1 Å². The lowest BCUT2D eigenvalue weighted by Gasteiger charge is -2.20. The molecular weight excluding hydrogens is 450 g/mol. The molecule has 2 unspecified atom stereocenters. The molecule has 0 radical (unpaired) electrons. The molecule has 3 aromatic carbocycles. The molecule has 3 N–H and O–H groups in total. The molecule has 1 amide bonds. The van der Waals surface area contributed by atoms with Crippen LogP contribution in [0.4, 0.5) is 0 Å². The van der Waals surface area contributed by atoms with Gasteiger partial charge in [-0.2, -0.15) is 5.26 Å². The topological polar surface area (TPSA) is 118 Å². The van der Waals surface area contributed by atoms with Gasteiger partial charge < -0.3 is 15.5 Å². The van der Waals surface area contributed by atoms with Crippen molar-refractivity contribution in [2.45, 2.75) is 45.2 Å². The molecule has 7 heteroatoms. The number of benzene rings is 3. The summed E-state index contributed by atoms with van der Waals surface area (Å²) in [6.45, 7) is 5.81. The first-order chi connectivity index (χ1) is 17.3. The van der Waals surface area contributed by atoms with E-state index in [2.05, 4.69) is 21.6 Å². The fourth-order valence-electron chi connectivity index (χ4n) is 3.95. The standard InChI is InChI=1S/C29H29N5O2/c1-4-19(2)32-26(35)23-14-22(25-13-9-8-12-21(25)18-30)15-24(16-23)27-33-34-28(36-27)29(3,31)17-20-10-6-5-7-11-20/h5-16,19H,4,17,31H2,1-3H3,(H,32,35). The predicted molar refractivity (Wildman–Crippen MR) is 139 cm³/mol. The van der Waals surface area contributed by atoms with E-state index in [1.54, 1.807) is 18.2 Å². The first kappa shape index (κ1) is 24.8. The van der Waals surface area contributed by atoms with Crippen molar-refractivity contribution in [2.24, 2.45) is 5.73 Å². The summed E-state index contributed by atoms with van der Waals surface area (Å²) in [4.78, 5) is 13.0. The van der Waals surface area contributed by atoms with Crippen LogP contribution in [0, 0.1) is 11.3 Å². The Morgan fingerprint density at radius 1 is 1.08 bits per heavy atom. The van der Waals surface area contributed by atoms with Crippen molar-refractivity contribution >= 4 is 5.91 Å². The van der Waals surface area contributed by atoms with E-state index in [0.717, 1.165) is 12.0 Å². The highest BCUT2D eigenvalue weighted by Crippen LogP contribution is 2.31. The lowest BCUT2D eigenvalue weighted by molar-refractivity contribution is 0.0939. The Morgan fingerprint density at radius 3 is 2.50 bits per heavy atom. The van der Waals surface area contributed by atoms with Crippen LogP contribution in [0.3, 0.4) is 0 Å². The Kier molecular flexibility index (Phi) is 7.28. The zero-order valence-electron chi connectivity index (χ0n) is 20.7. The molecule has 1 heterocycles. The lowest BCUT2D eigenvalue weighted by atomic mass is 9.94. The number of amides is 1. The van der Waals surface area contributed by atoms with Crippen molar-refractivity contribution in [3.63, 3.8) is 0 Å². The van der Waals surface area contributed by atoms with Gasteiger partial charge in [-0.3, -0.25) is 4.79 Å². The summed E-state index contributed by atoms with van der Waals surface area (Å²) in [5.74, 6) is 0.341. The molecule has 1 aromatic heterocycles. The maximum absolute atomic E-state index is 13.0. The number of rotatable bonds is 8. The van der Waals surface area contributed by atoms with Gasteiger partial charge in [0.25, 0.3) is 5.91 Å². The van der Waals surface area contributed by atoms with Gasteiger partial charge in [-0.05, 0) is 67.6 Å². The Hall–Kier alpha value is -4.28. The van der Waals surface area contributed by atoms with Gasteiger partial charge in [-0.1, -0.05) is 55.5 Å². The minimum atomic E-state index is -0.881. The van der Waals surface area contributed by atoms with E-state index >= 15 is 0 Å². The molecule has 2 atom stereocenters. The van der Waals surface area contributed by atoms with Gasteiger partial charge >= 0.3 is 0 Å². The van der Waals surface area contributed by atoms with E-state index in [1.165, 1.54) is 0 Å². The third-order valence-electron chi connectivity index (χ3n) is 6.12. The van der Waals surface area contributed by atoms with Gasteiger partial charge in [0.2, 0.25) is 11.8 Å². The van der Waals surface area contributed by atoms with Crippen molar-refractivity contribution in [3.05, 3.63) is 95.4 Å². The van der Waals surface area contributed by atoms with Crippen LogP contribution in [-0.4, -0.2) is 22.1 Å². The van der Waals surface area contributed by atoms with Crippen molar-refractivity contribution < 1.29 is 9.21 Å². The fourth-order valence-corrected chi connectivity index (χ4v) is 3.95. The van der Waals surface area contributed by atoms with Crippen molar-refractivity contribution in [3.8, 4) is 28.7 Å². The molecule has 0 saturated heterocycles. The third-order valence-corrected chi connectivity index (χ3v) is 6.12. The van der Waals surface area contributed by atoms with Crippen LogP contribution in [-0.2, 0) is 12.0 Å². The van der Waals surface area contributed by atoms with E-state index < -0.39 is 5.54 Å². The summed E-state index contributed by atoms with van der Waals surface area (Å²) in [7, 11) is 0. The Labute approximate surface area is 211 Å². The molecule has 182 valence electrons. The smallest absolute Gasteiger partial charge is 0.251 e. The average molecular weight is 480 g/mol. The van der Waals surface area contributed by atoms with Gasteiger partial charge in [0.15, 0.2) is 0 Å². The summed E-state index contributed by atoms with van der Waals surface area (Å²) < 4.78 is 6.05. The molecule has 0 spiro atoms. The normalized spacial score (nSPS) is 13.4. The minimum absolute atomic E-state index is 0.0157. The van der Waals surface area contributed by atoms with Crippen molar-refractivity contribution in [1.82, 2.24) is 15.5 Å². The molecule has 0 bridgehead atoms. The zero-order valence-corrected chi connectivity index (χ0v) is 20.7. The molecule has 0 aliphatic rings. The molecular formula is C29H29N5O2. The van der Waals surface area contributed by atoms with Crippen LogP contribution in [0.25, 0.3) is 22.6 Å². The van der Waals surface area contributed by atoms with Crippen molar-refractivity contribution in [1.29, 1.82) is 5.26 Å². The number of hydrogen-bond acceptors (Lipinski definition) is 6. The van der Waals surface area contributed by atoms with Gasteiger partial charge in [-0.15, -0.1) is 10.2 Å². The van der Waals surface area contributed by atoms with E-state index in [0.29, 0.717) is 40.1 Å². The van der Waals surface area contributed by atoms with Crippen LogP contribution >= 0.6 is 0 Å². The second-order valence-corrected chi connectivity index (χ2v) is 9.23. The van der Waals surface area contributed by atoms with Gasteiger partial charge in [-0.25, -0.2) is 0 Å². The Balaban J connectivity index is 1.75.